The van der Waals surface area contributed by atoms with Gasteiger partial charge in [-0.25, -0.2) is 0 Å². The topological polar surface area (TPSA) is 41.1 Å². The maximum atomic E-state index is 10.8. The van der Waals surface area contributed by atoms with Gasteiger partial charge in [-0.2, -0.15) is 0 Å². The van der Waals surface area contributed by atoms with E-state index in [-0.39, 0.29) is 11.8 Å². The van der Waals surface area contributed by atoms with E-state index in [0.29, 0.717) is 0 Å². The molecule has 0 aromatic rings. The molecule has 0 bridgehead atoms. The summed E-state index contributed by atoms with van der Waals surface area (Å²) in [5, 5.41) is 5.98. The van der Waals surface area contributed by atoms with Crippen LogP contribution in [0.25, 0.3) is 0 Å². The van der Waals surface area contributed by atoms with Gasteiger partial charge in [0.25, 0.3) is 0 Å². The van der Waals surface area contributed by atoms with E-state index in [2.05, 4.69) is 10.6 Å². The highest BCUT2D eigenvalue weighted by Crippen LogP contribution is 2.08. The van der Waals surface area contributed by atoms with Crippen LogP contribution in [-0.4, -0.2) is 18.9 Å². The van der Waals surface area contributed by atoms with Crippen molar-refractivity contribution in [3.05, 3.63) is 11.9 Å². The number of hydrogen-bond acceptors (Lipinski definition) is 3. The first-order valence-electron chi connectivity index (χ1n) is 3.37. The first-order chi connectivity index (χ1) is 4.74. The fourth-order valence-electron chi connectivity index (χ4n) is 0.974. The lowest BCUT2D eigenvalue weighted by molar-refractivity contribution is -0.118. The Balaban J connectivity index is 2.43. The molecular formula is C7H12N2O. The fraction of sp³-hybridized carbons (Fsp3) is 0.571. The predicted octanol–water partition coefficient (Wildman–Crippen LogP) is -0.00190. The minimum Gasteiger partial charge on any atom is -0.390 e. The van der Waals surface area contributed by atoms with E-state index in [1.165, 1.54) is 0 Å². The summed E-state index contributed by atoms with van der Waals surface area (Å²) in [6.45, 7) is 1.60. The van der Waals surface area contributed by atoms with Gasteiger partial charge in [0.1, 0.15) is 0 Å². The van der Waals surface area contributed by atoms with Crippen LogP contribution in [0.3, 0.4) is 0 Å². The van der Waals surface area contributed by atoms with E-state index in [4.69, 9.17) is 0 Å². The molecule has 1 atom stereocenters. The summed E-state index contributed by atoms with van der Waals surface area (Å²) in [6, 6.07) is 0.00227. The van der Waals surface area contributed by atoms with Crippen LogP contribution >= 0.6 is 0 Å². The summed E-state index contributed by atoms with van der Waals surface area (Å²) in [4.78, 5) is 10.8. The van der Waals surface area contributed by atoms with Crippen molar-refractivity contribution < 1.29 is 4.79 Å². The quantitative estimate of drug-likeness (QED) is 0.567. The first kappa shape index (κ1) is 7.12. The monoisotopic (exact) mass is 140 g/mol. The molecule has 0 saturated heterocycles. The molecule has 1 aliphatic rings. The summed E-state index contributed by atoms with van der Waals surface area (Å²) >= 11 is 0. The maximum absolute atomic E-state index is 10.8. The van der Waals surface area contributed by atoms with E-state index in [9.17, 15) is 4.79 Å². The number of carbonyl (C=O) groups is 1. The molecule has 0 fully saturated rings. The fourth-order valence-corrected chi connectivity index (χ4v) is 0.974. The molecule has 0 spiro atoms. The second-order valence-corrected chi connectivity index (χ2v) is 2.45. The number of Topliss-reactive ketones (excluding diaryl/α,β-unsaturated/α-hetero) is 1. The van der Waals surface area contributed by atoms with E-state index < -0.39 is 0 Å². The van der Waals surface area contributed by atoms with Crippen LogP contribution in [0.4, 0.5) is 0 Å². The average Bonchev–Trinajstić information content (AvgIpc) is 2.34. The number of rotatable bonds is 2. The SMILES string of the molecule is CNC1=CNC(C(C)=O)C1. The normalized spacial score (nSPS) is 23.4. The van der Waals surface area contributed by atoms with Crippen molar-refractivity contribution in [2.45, 2.75) is 19.4 Å². The van der Waals surface area contributed by atoms with Crippen molar-refractivity contribution >= 4 is 5.78 Å². The van der Waals surface area contributed by atoms with Crippen LogP contribution in [0.15, 0.2) is 11.9 Å². The Morgan fingerprint density at radius 3 is 2.90 bits per heavy atom. The van der Waals surface area contributed by atoms with Gasteiger partial charge in [0, 0.05) is 25.4 Å². The molecule has 3 nitrogen and oxygen atoms in total. The van der Waals surface area contributed by atoms with Crippen molar-refractivity contribution in [1.82, 2.24) is 10.6 Å². The summed E-state index contributed by atoms with van der Waals surface area (Å²) < 4.78 is 0. The van der Waals surface area contributed by atoms with Crippen LogP contribution in [0.2, 0.25) is 0 Å². The van der Waals surface area contributed by atoms with Gasteiger partial charge < -0.3 is 10.6 Å². The van der Waals surface area contributed by atoms with E-state index in [1.807, 2.05) is 13.2 Å². The minimum atomic E-state index is 0.00227. The highest BCUT2D eigenvalue weighted by atomic mass is 16.1. The molecule has 0 saturated carbocycles. The molecule has 1 unspecified atom stereocenters. The Morgan fingerprint density at radius 2 is 2.60 bits per heavy atom. The Bertz CT molecular complexity index is 174. The lowest BCUT2D eigenvalue weighted by Crippen LogP contribution is -2.27. The highest BCUT2D eigenvalue weighted by molar-refractivity contribution is 5.82. The zero-order chi connectivity index (χ0) is 7.56. The molecule has 0 aliphatic carbocycles. The average molecular weight is 140 g/mol. The second kappa shape index (κ2) is 2.73. The second-order valence-electron chi connectivity index (χ2n) is 2.45. The minimum absolute atomic E-state index is 0.00227. The smallest absolute Gasteiger partial charge is 0.152 e. The molecule has 0 aromatic carbocycles. The molecule has 10 heavy (non-hydrogen) atoms. The van der Waals surface area contributed by atoms with Crippen LogP contribution in [-0.2, 0) is 4.79 Å². The van der Waals surface area contributed by atoms with Gasteiger partial charge in [-0.15, -0.1) is 0 Å². The Morgan fingerprint density at radius 1 is 1.90 bits per heavy atom. The largest absolute Gasteiger partial charge is 0.390 e. The summed E-state index contributed by atoms with van der Waals surface area (Å²) in [6.07, 6.45) is 2.65. The summed E-state index contributed by atoms with van der Waals surface area (Å²) in [5.74, 6) is 0.196. The number of hydrogen-bond donors (Lipinski definition) is 2. The molecule has 56 valence electrons. The Labute approximate surface area is 60.5 Å². The maximum Gasteiger partial charge on any atom is 0.152 e. The first-order valence-corrected chi connectivity index (χ1v) is 3.37. The van der Waals surface area contributed by atoms with Gasteiger partial charge >= 0.3 is 0 Å². The lowest BCUT2D eigenvalue weighted by Gasteiger charge is -2.04. The van der Waals surface area contributed by atoms with Gasteiger partial charge in [-0.3, -0.25) is 4.79 Å². The highest BCUT2D eigenvalue weighted by Gasteiger charge is 2.18. The van der Waals surface area contributed by atoms with Crippen LogP contribution in [0.1, 0.15) is 13.3 Å². The van der Waals surface area contributed by atoms with E-state index in [0.717, 1.165) is 12.1 Å². The van der Waals surface area contributed by atoms with E-state index in [1.54, 1.807) is 6.92 Å². The molecule has 0 amide bonds. The van der Waals surface area contributed by atoms with Crippen molar-refractivity contribution in [2.75, 3.05) is 7.05 Å². The zero-order valence-corrected chi connectivity index (χ0v) is 6.27. The van der Waals surface area contributed by atoms with Crippen molar-refractivity contribution in [2.24, 2.45) is 0 Å². The van der Waals surface area contributed by atoms with Crippen molar-refractivity contribution in [3.8, 4) is 0 Å². The predicted molar refractivity (Wildman–Crippen MR) is 39.4 cm³/mol. The Hall–Kier alpha value is -0.990. The molecule has 0 radical (unpaired) electrons. The van der Waals surface area contributed by atoms with Gasteiger partial charge in [0.15, 0.2) is 5.78 Å². The number of nitrogens with one attached hydrogen (secondary N) is 2. The third-order valence-electron chi connectivity index (χ3n) is 1.69. The lowest BCUT2D eigenvalue weighted by atomic mass is 10.1. The summed E-state index contributed by atoms with van der Waals surface area (Å²) in [7, 11) is 1.86. The third kappa shape index (κ3) is 1.29. The number of ketones is 1. The van der Waals surface area contributed by atoms with Gasteiger partial charge in [0.2, 0.25) is 0 Å². The van der Waals surface area contributed by atoms with Gasteiger partial charge in [-0.05, 0) is 6.92 Å². The zero-order valence-electron chi connectivity index (χ0n) is 6.27. The summed E-state index contributed by atoms with van der Waals surface area (Å²) in [5.41, 5.74) is 1.10. The number of carbonyl (C=O) groups excluding carboxylic acids is 1. The van der Waals surface area contributed by atoms with E-state index >= 15 is 0 Å². The van der Waals surface area contributed by atoms with Crippen molar-refractivity contribution in [3.63, 3.8) is 0 Å². The molecule has 1 heterocycles. The van der Waals surface area contributed by atoms with Crippen LogP contribution < -0.4 is 10.6 Å². The molecule has 1 rings (SSSR count). The third-order valence-corrected chi connectivity index (χ3v) is 1.69. The molecule has 3 heteroatoms. The standard InChI is InChI=1S/C7H12N2O/c1-5(10)7-3-6(8-2)4-9-7/h4,7-9H,3H2,1-2H3. The van der Waals surface area contributed by atoms with Crippen LogP contribution in [0.5, 0.6) is 0 Å². The van der Waals surface area contributed by atoms with Gasteiger partial charge in [-0.1, -0.05) is 0 Å². The van der Waals surface area contributed by atoms with Crippen LogP contribution in [0, 0.1) is 0 Å². The molecule has 2 N–H and O–H groups in total. The van der Waals surface area contributed by atoms with Gasteiger partial charge in [0.05, 0.1) is 6.04 Å². The molecule has 0 aromatic heterocycles. The molecule has 1 aliphatic heterocycles. The Kier molecular flexibility index (Phi) is 1.94. The molecular weight excluding hydrogens is 128 g/mol. The van der Waals surface area contributed by atoms with Crippen molar-refractivity contribution in [1.29, 1.82) is 0 Å².